The number of halogens is 2. The second-order valence-corrected chi connectivity index (χ2v) is 12.3. The lowest BCUT2D eigenvalue weighted by Gasteiger charge is -2.28. The van der Waals surface area contributed by atoms with Gasteiger partial charge in [0, 0.05) is 34.3 Å². The van der Waals surface area contributed by atoms with Gasteiger partial charge in [0.2, 0.25) is 0 Å². The van der Waals surface area contributed by atoms with E-state index in [4.69, 9.17) is 37.4 Å². The van der Waals surface area contributed by atoms with Gasteiger partial charge >= 0.3 is 0 Å². The van der Waals surface area contributed by atoms with Crippen LogP contribution < -0.4 is 19.5 Å². The van der Waals surface area contributed by atoms with E-state index in [0.29, 0.717) is 57.4 Å². The Labute approximate surface area is 256 Å². The van der Waals surface area contributed by atoms with Crippen LogP contribution in [0.2, 0.25) is 10.0 Å². The first-order chi connectivity index (χ1) is 19.9. The second kappa shape index (κ2) is 13.3. The van der Waals surface area contributed by atoms with Crippen LogP contribution in [-0.4, -0.2) is 50.1 Å². The van der Waals surface area contributed by atoms with E-state index in [-0.39, 0.29) is 17.1 Å². The molecule has 0 unspecified atom stereocenters. The standard InChI is InChI=1S/C31H39Cl2N5O4/c1-7-30(3,4)41-23-11-12-25(26(18-23)42-31(5,6)8-2)40-14-10-9-13-34-29(39)24-19-27-35-36-28(38(27)37-24)20-15-21(32)17-22(33)16-20/h11-12,15-19,37H,7-10,13-14H2,1-6H3,(H,34,39). The van der Waals surface area contributed by atoms with Crippen LogP contribution in [0, 0.1) is 0 Å². The molecule has 0 fully saturated rings. The lowest BCUT2D eigenvalue weighted by molar-refractivity contribution is 0.0920. The molecular formula is C31H39Cl2N5O4. The fraction of sp³-hybridized carbons (Fsp3) is 0.452. The maximum absolute atomic E-state index is 12.8. The number of hydrogen-bond acceptors (Lipinski definition) is 6. The zero-order valence-corrected chi connectivity index (χ0v) is 26.5. The Morgan fingerprint density at radius 1 is 0.905 bits per heavy atom. The van der Waals surface area contributed by atoms with Crippen molar-refractivity contribution in [3.63, 3.8) is 0 Å². The third kappa shape index (κ3) is 8.10. The number of carbonyl (C=O) groups is 1. The Bertz CT molecular complexity index is 1510. The van der Waals surface area contributed by atoms with Gasteiger partial charge in [0.1, 0.15) is 22.6 Å². The number of carbonyl (C=O) groups excluding carboxylic acids is 1. The molecule has 11 heteroatoms. The summed E-state index contributed by atoms with van der Waals surface area (Å²) in [5, 5.41) is 15.3. The van der Waals surface area contributed by atoms with Crippen LogP contribution in [0.4, 0.5) is 0 Å². The predicted molar refractivity (Wildman–Crippen MR) is 166 cm³/mol. The van der Waals surface area contributed by atoms with Crippen molar-refractivity contribution in [3.05, 3.63) is 58.2 Å². The van der Waals surface area contributed by atoms with Crippen LogP contribution in [-0.2, 0) is 0 Å². The minimum atomic E-state index is -0.349. The molecule has 226 valence electrons. The summed E-state index contributed by atoms with van der Waals surface area (Å²) in [4.78, 5) is 12.8. The highest BCUT2D eigenvalue weighted by Gasteiger charge is 2.22. The van der Waals surface area contributed by atoms with E-state index in [1.54, 1.807) is 28.8 Å². The van der Waals surface area contributed by atoms with E-state index in [1.165, 1.54) is 0 Å². The lowest BCUT2D eigenvalue weighted by atomic mass is 10.1. The summed E-state index contributed by atoms with van der Waals surface area (Å²) in [5.74, 6) is 2.34. The van der Waals surface area contributed by atoms with Crippen LogP contribution in [0.15, 0.2) is 42.5 Å². The lowest BCUT2D eigenvalue weighted by Crippen LogP contribution is -2.28. The van der Waals surface area contributed by atoms with Gasteiger partial charge in [0.15, 0.2) is 23.0 Å². The molecule has 0 bridgehead atoms. The predicted octanol–water partition coefficient (Wildman–Crippen LogP) is 7.76. The van der Waals surface area contributed by atoms with Crippen LogP contribution in [0.5, 0.6) is 17.2 Å². The molecule has 0 aliphatic rings. The zero-order valence-electron chi connectivity index (χ0n) is 25.0. The maximum Gasteiger partial charge on any atom is 0.269 e. The number of benzene rings is 2. The van der Waals surface area contributed by atoms with E-state index in [0.717, 1.165) is 31.4 Å². The van der Waals surface area contributed by atoms with Crippen LogP contribution in [0.3, 0.4) is 0 Å². The van der Waals surface area contributed by atoms with Crippen molar-refractivity contribution in [3.8, 4) is 28.6 Å². The van der Waals surface area contributed by atoms with Crippen molar-refractivity contribution in [1.82, 2.24) is 25.1 Å². The molecule has 0 saturated heterocycles. The van der Waals surface area contributed by atoms with Crippen LogP contribution in [0.1, 0.15) is 77.7 Å². The Hall–Kier alpha value is -3.43. The molecule has 0 saturated carbocycles. The van der Waals surface area contributed by atoms with E-state index in [2.05, 4.69) is 62.2 Å². The van der Waals surface area contributed by atoms with Crippen molar-refractivity contribution >= 4 is 34.8 Å². The van der Waals surface area contributed by atoms with Gasteiger partial charge in [0.05, 0.1) is 6.61 Å². The van der Waals surface area contributed by atoms with Crippen LogP contribution >= 0.6 is 23.2 Å². The number of aromatic amines is 1. The quantitative estimate of drug-likeness (QED) is 0.141. The van der Waals surface area contributed by atoms with E-state index in [1.807, 2.05) is 18.2 Å². The Morgan fingerprint density at radius 3 is 2.29 bits per heavy atom. The van der Waals surface area contributed by atoms with E-state index >= 15 is 0 Å². The molecule has 0 aliphatic carbocycles. The molecule has 1 amide bonds. The fourth-order valence-electron chi connectivity index (χ4n) is 3.99. The number of nitrogens with one attached hydrogen (secondary N) is 2. The first-order valence-electron chi connectivity index (χ1n) is 14.2. The number of amides is 1. The molecule has 42 heavy (non-hydrogen) atoms. The summed E-state index contributed by atoms with van der Waals surface area (Å²) in [5.41, 5.74) is 0.947. The molecule has 0 aliphatic heterocycles. The average molecular weight is 617 g/mol. The molecule has 0 spiro atoms. The van der Waals surface area contributed by atoms with Crippen LogP contribution in [0.25, 0.3) is 17.0 Å². The fourth-order valence-corrected chi connectivity index (χ4v) is 4.51. The van der Waals surface area contributed by atoms with E-state index < -0.39 is 0 Å². The van der Waals surface area contributed by atoms with Gasteiger partial charge in [-0.1, -0.05) is 37.0 Å². The minimum absolute atomic E-state index is 0.237. The largest absolute Gasteiger partial charge is 0.490 e. The van der Waals surface area contributed by atoms with Crippen molar-refractivity contribution < 1.29 is 19.0 Å². The topological polar surface area (TPSA) is 103 Å². The molecule has 4 aromatic rings. The third-order valence-electron chi connectivity index (χ3n) is 7.07. The Kier molecular flexibility index (Phi) is 9.94. The monoisotopic (exact) mass is 615 g/mol. The molecular weight excluding hydrogens is 577 g/mol. The average Bonchev–Trinajstić information content (AvgIpc) is 3.52. The van der Waals surface area contributed by atoms with Crippen molar-refractivity contribution in [2.45, 2.75) is 78.4 Å². The second-order valence-electron chi connectivity index (χ2n) is 11.4. The first kappa shape index (κ1) is 31.5. The molecule has 2 aromatic heterocycles. The smallest absolute Gasteiger partial charge is 0.269 e. The Balaban J connectivity index is 1.30. The minimum Gasteiger partial charge on any atom is -0.490 e. The first-order valence-corrected chi connectivity index (χ1v) is 15.0. The number of aromatic nitrogens is 4. The SMILES string of the molecule is CCC(C)(C)Oc1ccc(OCCCCNC(=O)c2cc3nnc(-c4cc(Cl)cc(Cl)c4)n3[nH]2)c(OC(C)(C)CC)c1. The van der Waals surface area contributed by atoms with Gasteiger partial charge in [-0.25, -0.2) is 4.52 Å². The normalized spacial score (nSPS) is 12.0. The summed E-state index contributed by atoms with van der Waals surface area (Å²) in [6.45, 7) is 13.4. The summed E-state index contributed by atoms with van der Waals surface area (Å²) < 4.78 is 20.2. The summed E-state index contributed by atoms with van der Waals surface area (Å²) in [7, 11) is 0. The summed E-state index contributed by atoms with van der Waals surface area (Å²) in [6, 6.07) is 12.5. The zero-order chi connectivity index (χ0) is 30.5. The molecule has 4 rings (SSSR count). The summed E-state index contributed by atoms with van der Waals surface area (Å²) in [6.07, 6.45) is 3.21. The number of ether oxygens (including phenoxy) is 3. The molecule has 2 heterocycles. The van der Waals surface area contributed by atoms with Gasteiger partial charge in [-0.3, -0.25) is 9.89 Å². The van der Waals surface area contributed by atoms with Crippen molar-refractivity contribution in [2.75, 3.05) is 13.2 Å². The molecule has 0 radical (unpaired) electrons. The number of hydrogen-bond donors (Lipinski definition) is 2. The number of rotatable bonds is 14. The number of fused-ring (bicyclic) bond motifs is 1. The Morgan fingerprint density at radius 2 is 1.60 bits per heavy atom. The maximum atomic E-state index is 12.8. The number of nitrogens with zero attached hydrogens (tertiary/aromatic N) is 3. The van der Waals surface area contributed by atoms with Gasteiger partial charge in [0.25, 0.3) is 5.91 Å². The van der Waals surface area contributed by atoms with Gasteiger partial charge in [-0.2, -0.15) is 0 Å². The van der Waals surface area contributed by atoms with E-state index in [9.17, 15) is 4.79 Å². The van der Waals surface area contributed by atoms with Crippen molar-refractivity contribution in [2.24, 2.45) is 0 Å². The molecule has 2 N–H and O–H groups in total. The molecule has 0 atom stereocenters. The number of H-pyrrole nitrogens is 1. The molecule has 9 nitrogen and oxygen atoms in total. The van der Waals surface area contributed by atoms with Gasteiger partial charge < -0.3 is 19.5 Å². The highest BCUT2D eigenvalue weighted by molar-refractivity contribution is 6.35. The summed E-state index contributed by atoms with van der Waals surface area (Å²) >= 11 is 12.3. The third-order valence-corrected chi connectivity index (χ3v) is 7.51. The highest BCUT2D eigenvalue weighted by atomic mass is 35.5. The molecule has 2 aromatic carbocycles. The highest BCUT2D eigenvalue weighted by Crippen LogP contribution is 2.36. The number of unbranched alkanes of at least 4 members (excludes halogenated alkanes) is 1. The van der Waals surface area contributed by atoms with Gasteiger partial charge in [-0.05, 0) is 83.7 Å². The van der Waals surface area contributed by atoms with Crippen molar-refractivity contribution in [1.29, 1.82) is 0 Å². The van der Waals surface area contributed by atoms with Gasteiger partial charge in [-0.15, -0.1) is 10.2 Å².